The molecule has 32 heavy (non-hydrogen) atoms. The van der Waals surface area contributed by atoms with Gasteiger partial charge in [0.05, 0.1) is 19.1 Å². The average Bonchev–Trinajstić information content (AvgIpc) is 2.77. The maximum absolute atomic E-state index is 13.8. The van der Waals surface area contributed by atoms with Gasteiger partial charge >= 0.3 is 0 Å². The normalized spacial score (nSPS) is 10.9. The van der Waals surface area contributed by atoms with Gasteiger partial charge in [-0.25, -0.2) is 19.8 Å². The Labute approximate surface area is 190 Å². The molecule has 0 radical (unpaired) electrons. The van der Waals surface area contributed by atoms with E-state index in [4.69, 9.17) is 9.47 Å². The van der Waals surface area contributed by atoms with E-state index in [2.05, 4.69) is 20.5 Å². The molecule has 0 aliphatic rings. The quantitative estimate of drug-likeness (QED) is 0.227. The van der Waals surface area contributed by atoms with E-state index in [1.807, 2.05) is 19.9 Å². The molecule has 9 heteroatoms. The number of thioether (sulfide) groups is 1. The molecule has 3 aromatic rings. The molecule has 3 rings (SSSR count). The number of aryl methyl sites for hydroxylation is 2. The first-order valence-electron chi connectivity index (χ1n) is 9.76. The van der Waals surface area contributed by atoms with Crippen LogP contribution in [0.15, 0.2) is 58.8 Å². The van der Waals surface area contributed by atoms with Gasteiger partial charge in [-0.15, -0.1) is 0 Å². The number of amides is 1. The lowest BCUT2D eigenvalue weighted by molar-refractivity contribution is -0.118. The Morgan fingerprint density at radius 3 is 2.59 bits per heavy atom. The summed E-state index contributed by atoms with van der Waals surface area (Å²) in [7, 11) is 1.51. The topological polar surface area (TPSA) is 85.7 Å². The fraction of sp³-hybridized carbons (Fsp3) is 0.217. The number of hydrogen-bond donors (Lipinski definition) is 1. The highest BCUT2D eigenvalue weighted by molar-refractivity contribution is 7.99. The van der Waals surface area contributed by atoms with Gasteiger partial charge in [0, 0.05) is 17.0 Å². The number of aromatic nitrogens is 2. The lowest BCUT2D eigenvalue weighted by Crippen LogP contribution is -2.19. The van der Waals surface area contributed by atoms with Crippen LogP contribution >= 0.6 is 11.8 Å². The fourth-order valence-electron chi connectivity index (χ4n) is 2.75. The van der Waals surface area contributed by atoms with Crippen LogP contribution in [0.3, 0.4) is 0 Å². The molecule has 1 aromatic heterocycles. The Morgan fingerprint density at radius 1 is 1.12 bits per heavy atom. The summed E-state index contributed by atoms with van der Waals surface area (Å²) in [4.78, 5) is 20.6. The minimum absolute atomic E-state index is 0.0777. The zero-order valence-electron chi connectivity index (χ0n) is 18.0. The van der Waals surface area contributed by atoms with Gasteiger partial charge in [0.2, 0.25) is 0 Å². The van der Waals surface area contributed by atoms with E-state index in [1.54, 1.807) is 36.4 Å². The van der Waals surface area contributed by atoms with Gasteiger partial charge in [-0.1, -0.05) is 30.0 Å². The van der Waals surface area contributed by atoms with Crippen molar-refractivity contribution in [2.24, 2.45) is 5.10 Å². The third kappa shape index (κ3) is 6.78. The Balaban J connectivity index is 1.53. The second kappa shape index (κ2) is 11.2. The molecule has 1 heterocycles. The Hall–Kier alpha value is -3.46. The number of ether oxygens (including phenoxy) is 2. The lowest BCUT2D eigenvalue weighted by atomic mass is 10.2. The summed E-state index contributed by atoms with van der Waals surface area (Å²) in [6.07, 6.45) is 1.50. The van der Waals surface area contributed by atoms with E-state index in [-0.39, 0.29) is 24.1 Å². The highest BCUT2D eigenvalue weighted by Crippen LogP contribution is 2.28. The van der Waals surface area contributed by atoms with E-state index >= 15 is 0 Å². The van der Waals surface area contributed by atoms with Crippen LogP contribution in [0.2, 0.25) is 0 Å². The van der Waals surface area contributed by atoms with Crippen LogP contribution in [0.4, 0.5) is 4.39 Å². The highest BCUT2D eigenvalue weighted by atomic mass is 32.2. The van der Waals surface area contributed by atoms with E-state index < -0.39 is 0 Å². The minimum Gasteiger partial charge on any atom is -0.493 e. The van der Waals surface area contributed by atoms with E-state index in [0.717, 1.165) is 11.4 Å². The molecule has 1 amide bonds. The van der Waals surface area contributed by atoms with Gasteiger partial charge in [0.1, 0.15) is 12.4 Å². The van der Waals surface area contributed by atoms with Gasteiger partial charge < -0.3 is 9.47 Å². The highest BCUT2D eigenvalue weighted by Gasteiger charge is 2.08. The molecule has 166 valence electrons. The molecule has 0 unspecified atom stereocenters. The number of nitrogens with zero attached hydrogens (tertiary/aromatic N) is 3. The number of hydrogen-bond acceptors (Lipinski definition) is 7. The molecule has 2 aromatic carbocycles. The van der Waals surface area contributed by atoms with Crippen molar-refractivity contribution in [3.8, 4) is 11.5 Å². The van der Waals surface area contributed by atoms with Crippen molar-refractivity contribution < 1.29 is 18.7 Å². The molecule has 0 aliphatic heterocycles. The minimum atomic E-state index is -0.326. The Morgan fingerprint density at radius 2 is 1.88 bits per heavy atom. The van der Waals surface area contributed by atoms with E-state index in [1.165, 1.54) is 31.2 Å². The number of carbonyl (C=O) groups is 1. The third-order valence-corrected chi connectivity index (χ3v) is 5.07. The summed E-state index contributed by atoms with van der Waals surface area (Å²) in [6.45, 7) is 3.84. The maximum Gasteiger partial charge on any atom is 0.250 e. The SMILES string of the molecule is COc1cc(/C=N\NC(=O)CSc2nc(C)cc(C)n2)ccc1OCc1ccccc1F. The first-order valence-corrected chi connectivity index (χ1v) is 10.7. The maximum atomic E-state index is 13.8. The molecule has 0 fully saturated rings. The molecular weight excluding hydrogens is 431 g/mol. The molecule has 0 saturated carbocycles. The average molecular weight is 455 g/mol. The van der Waals surface area contributed by atoms with Crippen LogP contribution in [0, 0.1) is 19.7 Å². The Kier molecular flexibility index (Phi) is 8.15. The first-order chi connectivity index (χ1) is 15.4. The Bertz CT molecular complexity index is 1100. The van der Waals surface area contributed by atoms with Crippen LogP contribution in [0.5, 0.6) is 11.5 Å². The molecular formula is C23H23FN4O3S. The van der Waals surface area contributed by atoms with E-state index in [9.17, 15) is 9.18 Å². The summed E-state index contributed by atoms with van der Waals surface area (Å²) in [5.41, 5.74) is 5.34. The van der Waals surface area contributed by atoms with E-state index in [0.29, 0.717) is 27.8 Å². The van der Waals surface area contributed by atoms with Crippen molar-refractivity contribution in [1.29, 1.82) is 0 Å². The number of benzene rings is 2. The van der Waals surface area contributed by atoms with Gasteiger partial charge in [-0.05, 0) is 49.7 Å². The van der Waals surface area contributed by atoms with Gasteiger partial charge in [-0.3, -0.25) is 4.79 Å². The zero-order valence-corrected chi connectivity index (χ0v) is 18.8. The van der Waals surface area contributed by atoms with Gasteiger partial charge in [0.25, 0.3) is 5.91 Å². The largest absolute Gasteiger partial charge is 0.493 e. The number of rotatable bonds is 9. The molecule has 0 aliphatic carbocycles. The molecule has 0 saturated heterocycles. The smallest absolute Gasteiger partial charge is 0.250 e. The summed E-state index contributed by atoms with van der Waals surface area (Å²) in [6, 6.07) is 13.5. The zero-order chi connectivity index (χ0) is 22.9. The van der Waals surface area contributed by atoms with Gasteiger partial charge in [0.15, 0.2) is 16.7 Å². The lowest BCUT2D eigenvalue weighted by Gasteiger charge is -2.11. The number of carbonyl (C=O) groups excluding carboxylic acids is 1. The molecule has 7 nitrogen and oxygen atoms in total. The summed E-state index contributed by atoms with van der Waals surface area (Å²) in [5.74, 6) is 0.492. The number of methoxy groups -OCH3 is 1. The number of hydrazone groups is 1. The van der Waals surface area contributed by atoms with Crippen LogP contribution in [-0.2, 0) is 11.4 Å². The second-order valence-electron chi connectivity index (χ2n) is 6.81. The van der Waals surface area contributed by atoms with Crippen molar-refractivity contribution in [3.63, 3.8) is 0 Å². The van der Waals surface area contributed by atoms with Crippen molar-refractivity contribution in [2.45, 2.75) is 25.6 Å². The summed E-state index contributed by atoms with van der Waals surface area (Å²) < 4.78 is 24.8. The second-order valence-corrected chi connectivity index (χ2v) is 7.75. The van der Waals surface area contributed by atoms with Crippen LogP contribution in [0.1, 0.15) is 22.5 Å². The monoisotopic (exact) mass is 454 g/mol. The molecule has 0 spiro atoms. The standard InChI is InChI=1S/C23H23FN4O3S/c1-15-10-16(2)27-23(26-15)32-14-22(29)28-25-12-17-8-9-20(21(11-17)30-3)31-13-18-6-4-5-7-19(18)24/h4-12H,13-14H2,1-3H3,(H,28,29)/b25-12-. The van der Waals surface area contributed by atoms with Gasteiger partial charge in [-0.2, -0.15) is 5.10 Å². The van der Waals surface area contributed by atoms with Crippen LogP contribution < -0.4 is 14.9 Å². The van der Waals surface area contributed by atoms with Crippen molar-refractivity contribution in [2.75, 3.05) is 12.9 Å². The number of halogens is 1. The predicted molar refractivity (Wildman–Crippen MR) is 122 cm³/mol. The third-order valence-electron chi connectivity index (χ3n) is 4.23. The molecule has 0 bridgehead atoms. The van der Waals surface area contributed by atoms with Crippen LogP contribution in [0.25, 0.3) is 0 Å². The summed E-state index contributed by atoms with van der Waals surface area (Å²) in [5, 5.41) is 4.53. The summed E-state index contributed by atoms with van der Waals surface area (Å²) >= 11 is 1.24. The number of nitrogens with one attached hydrogen (secondary N) is 1. The first kappa shape index (κ1) is 23.2. The van der Waals surface area contributed by atoms with Crippen molar-refractivity contribution >= 4 is 23.9 Å². The predicted octanol–water partition coefficient (Wildman–Crippen LogP) is 4.06. The fourth-order valence-corrected chi connectivity index (χ4v) is 3.50. The van der Waals surface area contributed by atoms with Crippen molar-refractivity contribution in [3.05, 3.63) is 76.9 Å². The molecule has 0 atom stereocenters. The van der Waals surface area contributed by atoms with Crippen molar-refractivity contribution in [1.82, 2.24) is 15.4 Å². The molecule has 1 N–H and O–H groups in total. The van der Waals surface area contributed by atoms with Crippen LogP contribution in [-0.4, -0.2) is 35.0 Å².